The minimum atomic E-state index is -3.34. The summed E-state index contributed by atoms with van der Waals surface area (Å²) in [6.45, 7) is 0.121. The Morgan fingerprint density at radius 3 is 2.69 bits per heavy atom. The number of nitrogens with zero attached hydrogens (tertiary/aromatic N) is 2. The lowest BCUT2D eigenvalue weighted by atomic mass is 10.0. The first-order valence-corrected chi connectivity index (χ1v) is 10.0. The van der Waals surface area contributed by atoms with Crippen molar-refractivity contribution >= 4 is 38.2 Å². The molecule has 0 aliphatic heterocycles. The minimum Gasteiger partial charge on any atom is -0.497 e. The molecular formula is C17H19ClN4O3S. The Balaban J connectivity index is 2.26. The summed E-state index contributed by atoms with van der Waals surface area (Å²) in [5.41, 5.74) is 9.45. The number of sulfonamides is 1. The van der Waals surface area contributed by atoms with E-state index >= 15 is 0 Å². The number of ether oxygens (including phenoxy) is 1. The first-order chi connectivity index (χ1) is 12.2. The number of hydrogen-bond donors (Lipinski definition) is 2. The Kier molecular flexibility index (Phi) is 4.83. The molecule has 0 saturated heterocycles. The molecule has 0 unspecified atom stereocenters. The fourth-order valence-electron chi connectivity index (χ4n) is 2.86. The molecule has 0 fully saturated rings. The number of aromatic nitrogens is 2. The second-order valence-electron chi connectivity index (χ2n) is 5.95. The maximum absolute atomic E-state index is 11.5. The number of nitrogens with one attached hydrogen (secondary N) is 1. The normalized spacial score (nSPS) is 11.8. The van der Waals surface area contributed by atoms with Gasteiger partial charge in [0.15, 0.2) is 0 Å². The molecular weight excluding hydrogens is 376 g/mol. The quantitative estimate of drug-likeness (QED) is 0.648. The van der Waals surface area contributed by atoms with Gasteiger partial charge in [-0.15, -0.1) is 0 Å². The van der Waals surface area contributed by atoms with Crippen molar-refractivity contribution in [2.45, 2.75) is 6.54 Å². The number of nitrogens with two attached hydrogens (primary N) is 1. The molecule has 3 aromatic rings. The summed E-state index contributed by atoms with van der Waals surface area (Å²) in [7, 11) is 0.00731. The van der Waals surface area contributed by atoms with Gasteiger partial charge in [-0.3, -0.25) is 4.68 Å². The molecule has 138 valence electrons. The van der Waals surface area contributed by atoms with Gasteiger partial charge in [-0.05, 0) is 29.8 Å². The Bertz CT molecular complexity index is 1090. The van der Waals surface area contributed by atoms with Crippen molar-refractivity contribution < 1.29 is 13.2 Å². The number of anilines is 1. The molecule has 3 rings (SSSR count). The molecule has 0 bridgehead atoms. The Morgan fingerprint density at radius 2 is 2.04 bits per heavy atom. The van der Waals surface area contributed by atoms with E-state index in [1.165, 1.54) is 0 Å². The highest BCUT2D eigenvalue weighted by Gasteiger charge is 2.19. The van der Waals surface area contributed by atoms with Crippen LogP contribution in [-0.2, 0) is 23.6 Å². The Hall–Kier alpha value is -2.29. The molecule has 0 radical (unpaired) electrons. The van der Waals surface area contributed by atoms with Crippen molar-refractivity contribution in [2.75, 3.05) is 19.1 Å². The first-order valence-electron chi connectivity index (χ1n) is 7.74. The Labute approximate surface area is 156 Å². The van der Waals surface area contributed by atoms with Crippen molar-refractivity contribution in [2.24, 2.45) is 7.05 Å². The van der Waals surface area contributed by atoms with Gasteiger partial charge in [0.1, 0.15) is 11.4 Å². The molecule has 2 aromatic carbocycles. The summed E-state index contributed by atoms with van der Waals surface area (Å²) in [4.78, 5) is 0. The summed E-state index contributed by atoms with van der Waals surface area (Å²) < 4.78 is 32.5. The summed E-state index contributed by atoms with van der Waals surface area (Å²) in [5, 5.41) is 5.81. The third-order valence-electron chi connectivity index (χ3n) is 4.07. The number of nitrogen functional groups attached to an aromatic ring is 1. The van der Waals surface area contributed by atoms with Gasteiger partial charge < -0.3 is 10.5 Å². The van der Waals surface area contributed by atoms with Crippen LogP contribution in [0.15, 0.2) is 30.3 Å². The number of aryl methyl sites for hydroxylation is 1. The van der Waals surface area contributed by atoms with Gasteiger partial charge in [-0.1, -0.05) is 17.7 Å². The smallest absolute Gasteiger partial charge is 0.209 e. The molecule has 3 N–H and O–H groups in total. The highest BCUT2D eigenvalue weighted by molar-refractivity contribution is 7.88. The molecule has 0 aliphatic rings. The topological polar surface area (TPSA) is 99.2 Å². The van der Waals surface area contributed by atoms with Crippen LogP contribution in [-0.4, -0.2) is 31.6 Å². The fourth-order valence-corrected chi connectivity index (χ4v) is 3.52. The zero-order valence-electron chi connectivity index (χ0n) is 14.6. The summed E-state index contributed by atoms with van der Waals surface area (Å²) >= 11 is 6.42. The van der Waals surface area contributed by atoms with E-state index in [-0.39, 0.29) is 6.54 Å². The second-order valence-corrected chi connectivity index (χ2v) is 8.19. The van der Waals surface area contributed by atoms with Crippen molar-refractivity contribution in [1.29, 1.82) is 0 Å². The number of hydrogen-bond acceptors (Lipinski definition) is 5. The van der Waals surface area contributed by atoms with Crippen LogP contribution < -0.4 is 15.2 Å². The molecule has 9 heteroatoms. The van der Waals surface area contributed by atoms with Crippen LogP contribution in [0.2, 0.25) is 5.02 Å². The fraction of sp³-hybridized carbons (Fsp3) is 0.235. The van der Waals surface area contributed by atoms with Crippen LogP contribution in [0.3, 0.4) is 0 Å². The van der Waals surface area contributed by atoms with Gasteiger partial charge in [0.2, 0.25) is 10.0 Å². The molecule has 0 amide bonds. The van der Waals surface area contributed by atoms with Gasteiger partial charge in [0.05, 0.1) is 29.6 Å². The minimum absolute atomic E-state index is 0.121. The second kappa shape index (κ2) is 6.79. The van der Waals surface area contributed by atoms with Crippen molar-refractivity contribution in [3.05, 3.63) is 40.9 Å². The molecule has 0 atom stereocenters. The average molecular weight is 395 g/mol. The van der Waals surface area contributed by atoms with Crippen LogP contribution in [0.25, 0.3) is 22.2 Å². The van der Waals surface area contributed by atoms with Gasteiger partial charge in [0.25, 0.3) is 0 Å². The number of halogens is 1. The van der Waals surface area contributed by atoms with E-state index in [1.807, 2.05) is 0 Å². The number of methoxy groups -OCH3 is 1. The number of benzene rings is 2. The van der Waals surface area contributed by atoms with E-state index in [4.69, 9.17) is 22.1 Å². The first kappa shape index (κ1) is 18.5. The maximum atomic E-state index is 11.5. The predicted octanol–water partition coefficient (Wildman–Crippen LogP) is 2.53. The van der Waals surface area contributed by atoms with Crippen LogP contribution in [0.5, 0.6) is 5.75 Å². The zero-order chi connectivity index (χ0) is 19.1. The zero-order valence-corrected chi connectivity index (χ0v) is 16.1. The highest BCUT2D eigenvalue weighted by atomic mass is 35.5. The van der Waals surface area contributed by atoms with Crippen molar-refractivity contribution in [3.63, 3.8) is 0 Å². The molecule has 1 aromatic heterocycles. The summed E-state index contributed by atoms with van der Waals surface area (Å²) in [5.74, 6) is 0.627. The highest BCUT2D eigenvalue weighted by Crippen LogP contribution is 2.38. The Morgan fingerprint density at radius 1 is 1.31 bits per heavy atom. The van der Waals surface area contributed by atoms with Crippen LogP contribution in [0.1, 0.15) is 5.56 Å². The third kappa shape index (κ3) is 3.48. The van der Waals surface area contributed by atoms with Gasteiger partial charge in [-0.2, -0.15) is 5.10 Å². The largest absolute Gasteiger partial charge is 0.497 e. The van der Waals surface area contributed by atoms with E-state index in [9.17, 15) is 8.42 Å². The molecule has 0 aliphatic carbocycles. The molecule has 26 heavy (non-hydrogen) atoms. The monoisotopic (exact) mass is 394 g/mol. The van der Waals surface area contributed by atoms with Crippen molar-refractivity contribution in [1.82, 2.24) is 14.5 Å². The van der Waals surface area contributed by atoms with Crippen LogP contribution in [0, 0.1) is 0 Å². The van der Waals surface area contributed by atoms with E-state index in [2.05, 4.69) is 9.82 Å². The van der Waals surface area contributed by atoms with E-state index < -0.39 is 10.0 Å². The summed E-state index contributed by atoms with van der Waals surface area (Å²) in [6, 6.07) is 8.82. The van der Waals surface area contributed by atoms with Crippen molar-refractivity contribution in [3.8, 4) is 17.0 Å². The maximum Gasteiger partial charge on any atom is 0.209 e. The average Bonchev–Trinajstić information content (AvgIpc) is 2.94. The predicted molar refractivity (Wildman–Crippen MR) is 104 cm³/mol. The summed E-state index contributed by atoms with van der Waals surface area (Å²) in [6.07, 6.45) is 1.12. The van der Waals surface area contributed by atoms with Crippen LogP contribution in [0.4, 0.5) is 5.69 Å². The number of rotatable bonds is 5. The molecule has 1 heterocycles. The third-order valence-corrected chi connectivity index (χ3v) is 5.05. The van der Waals surface area contributed by atoms with Gasteiger partial charge in [0, 0.05) is 24.5 Å². The van der Waals surface area contributed by atoms with E-state index in [1.54, 1.807) is 49.2 Å². The lowest BCUT2D eigenvalue weighted by Crippen LogP contribution is -2.21. The lowest BCUT2D eigenvalue weighted by Gasteiger charge is -2.11. The van der Waals surface area contributed by atoms with Crippen LogP contribution >= 0.6 is 11.6 Å². The SMILES string of the molecule is COc1ccc(CNS(C)(=O)=O)c(-c2nn(C)c3c(N)ccc(Cl)c23)c1. The van der Waals surface area contributed by atoms with E-state index in [0.29, 0.717) is 27.5 Å². The lowest BCUT2D eigenvalue weighted by molar-refractivity contribution is 0.415. The molecule has 0 spiro atoms. The molecule has 7 nitrogen and oxygen atoms in total. The molecule has 0 saturated carbocycles. The van der Waals surface area contributed by atoms with E-state index in [0.717, 1.165) is 22.9 Å². The standard InChI is InChI=1S/C17H19ClN4O3S/c1-22-17-14(19)7-6-13(18)15(17)16(21-22)12-8-11(25-2)5-4-10(12)9-20-26(3,23)24/h4-8,20H,9,19H2,1-3H3. The number of fused-ring (bicyclic) bond motifs is 1. The van der Waals surface area contributed by atoms with Gasteiger partial charge >= 0.3 is 0 Å². The van der Waals surface area contributed by atoms with Gasteiger partial charge in [-0.25, -0.2) is 13.1 Å².